The van der Waals surface area contributed by atoms with E-state index in [4.69, 9.17) is 5.26 Å². The molecule has 6 heteroatoms. The van der Waals surface area contributed by atoms with Crippen LogP contribution in [-0.2, 0) is 6.54 Å². The zero-order chi connectivity index (χ0) is 14.6. The molecule has 2 nitrogen and oxygen atoms in total. The molecule has 0 fully saturated rings. The SMILES string of the molecule is CC(C)N(Cc1cc(C#N)ccc1F)CC(F)(F)F. The van der Waals surface area contributed by atoms with E-state index in [0.717, 1.165) is 11.0 Å². The number of halogens is 4. The van der Waals surface area contributed by atoms with Gasteiger partial charge in [0.25, 0.3) is 0 Å². The van der Waals surface area contributed by atoms with Crippen LogP contribution in [0.15, 0.2) is 18.2 Å². The minimum Gasteiger partial charge on any atom is -0.288 e. The first-order valence-corrected chi connectivity index (χ1v) is 5.72. The number of nitriles is 1. The van der Waals surface area contributed by atoms with E-state index in [0.29, 0.717) is 0 Å². The summed E-state index contributed by atoms with van der Waals surface area (Å²) in [5.41, 5.74) is 0.323. The highest BCUT2D eigenvalue weighted by atomic mass is 19.4. The maximum absolute atomic E-state index is 13.5. The van der Waals surface area contributed by atoms with E-state index in [-0.39, 0.29) is 23.7 Å². The molecule has 0 saturated heterocycles. The first-order valence-electron chi connectivity index (χ1n) is 5.72. The van der Waals surface area contributed by atoms with E-state index in [2.05, 4.69) is 0 Å². The number of rotatable bonds is 4. The Morgan fingerprint density at radius 1 is 1.32 bits per heavy atom. The second-order valence-electron chi connectivity index (χ2n) is 4.53. The van der Waals surface area contributed by atoms with Crippen LogP contribution < -0.4 is 0 Å². The van der Waals surface area contributed by atoms with Crippen LogP contribution in [0.25, 0.3) is 0 Å². The van der Waals surface area contributed by atoms with Crippen LogP contribution in [0.3, 0.4) is 0 Å². The van der Waals surface area contributed by atoms with Crippen molar-refractivity contribution in [1.82, 2.24) is 4.90 Å². The van der Waals surface area contributed by atoms with Gasteiger partial charge in [-0.25, -0.2) is 4.39 Å². The molecule has 0 aromatic heterocycles. The molecule has 0 aliphatic heterocycles. The molecule has 0 amide bonds. The molecule has 0 radical (unpaired) electrons. The summed E-state index contributed by atoms with van der Waals surface area (Å²) in [7, 11) is 0. The lowest BCUT2D eigenvalue weighted by Crippen LogP contribution is -2.38. The fourth-order valence-electron chi connectivity index (χ4n) is 1.64. The number of benzene rings is 1. The predicted molar refractivity (Wildman–Crippen MR) is 62.7 cm³/mol. The quantitative estimate of drug-likeness (QED) is 0.786. The zero-order valence-corrected chi connectivity index (χ0v) is 10.6. The van der Waals surface area contributed by atoms with Gasteiger partial charge < -0.3 is 0 Å². The van der Waals surface area contributed by atoms with Crippen LogP contribution in [0.4, 0.5) is 17.6 Å². The average Bonchev–Trinajstić information content (AvgIpc) is 2.29. The van der Waals surface area contributed by atoms with Crippen molar-refractivity contribution in [2.24, 2.45) is 0 Å². The van der Waals surface area contributed by atoms with Crippen molar-refractivity contribution >= 4 is 0 Å². The number of nitrogens with zero attached hydrogens (tertiary/aromatic N) is 2. The second-order valence-corrected chi connectivity index (χ2v) is 4.53. The molecule has 0 aliphatic carbocycles. The third-order valence-corrected chi connectivity index (χ3v) is 2.66. The van der Waals surface area contributed by atoms with Crippen LogP contribution >= 0.6 is 0 Å². The van der Waals surface area contributed by atoms with Gasteiger partial charge >= 0.3 is 6.18 Å². The minimum atomic E-state index is -4.34. The average molecular weight is 274 g/mol. The van der Waals surface area contributed by atoms with Crippen molar-refractivity contribution in [3.05, 3.63) is 35.1 Å². The molecule has 0 heterocycles. The van der Waals surface area contributed by atoms with Crippen molar-refractivity contribution < 1.29 is 17.6 Å². The largest absolute Gasteiger partial charge is 0.401 e. The summed E-state index contributed by atoms with van der Waals surface area (Å²) in [6.45, 7) is 1.93. The standard InChI is InChI=1S/C13H14F4N2/c1-9(2)19(8-13(15,16)17)7-11-5-10(6-18)3-4-12(11)14/h3-5,9H,7-8H2,1-2H3. The summed E-state index contributed by atoms with van der Waals surface area (Å²) in [6.07, 6.45) is -4.34. The van der Waals surface area contributed by atoms with E-state index in [1.54, 1.807) is 13.8 Å². The lowest BCUT2D eigenvalue weighted by Gasteiger charge is -2.27. The third-order valence-electron chi connectivity index (χ3n) is 2.66. The Labute approximate surface area is 109 Å². The molecule has 0 unspecified atom stereocenters. The molecule has 104 valence electrons. The summed E-state index contributed by atoms with van der Waals surface area (Å²) >= 11 is 0. The normalized spacial score (nSPS) is 11.9. The lowest BCUT2D eigenvalue weighted by molar-refractivity contribution is -0.151. The topological polar surface area (TPSA) is 27.0 Å². The molecule has 19 heavy (non-hydrogen) atoms. The molecule has 1 rings (SSSR count). The third kappa shape index (κ3) is 4.87. The molecule has 1 aromatic rings. The van der Waals surface area contributed by atoms with Gasteiger partial charge in [0.15, 0.2) is 0 Å². The molecular weight excluding hydrogens is 260 g/mol. The monoisotopic (exact) mass is 274 g/mol. The number of alkyl halides is 3. The summed E-state index contributed by atoms with van der Waals surface area (Å²) < 4.78 is 50.8. The van der Waals surface area contributed by atoms with Gasteiger partial charge in [0, 0.05) is 18.2 Å². The molecule has 1 aromatic carbocycles. The Morgan fingerprint density at radius 2 is 1.95 bits per heavy atom. The molecule has 0 spiro atoms. The first kappa shape index (κ1) is 15.4. The Morgan fingerprint density at radius 3 is 2.42 bits per heavy atom. The Balaban J connectivity index is 2.94. The van der Waals surface area contributed by atoms with Crippen molar-refractivity contribution in [3.63, 3.8) is 0 Å². The van der Waals surface area contributed by atoms with Gasteiger partial charge in [0.2, 0.25) is 0 Å². The molecule has 0 N–H and O–H groups in total. The number of hydrogen-bond donors (Lipinski definition) is 0. The van der Waals surface area contributed by atoms with E-state index < -0.39 is 18.5 Å². The van der Waals surface area contributed by atoms with E-state index in [9.17, 15) is 17.6 Å². The van der Waals surface area contributed by atoms with Crippen LogP contribution in [-0.4, -0.2) is 23.7 Å². The van der Waals surface area contributed by atoms with Gasteiger partial charge in [0.05, 0.1) is 18.2 Å². The fourth-order valence-corrected chi connectivity index (χ4v) is 1.64. The number of hydrogen-bond acceptors (Lipinski definition) is 2. The fraction of sp³-hybridized carbons (Fsp3) is 0.462. The van der Waals surface area contributed by atoms with Gasteiger partial charge in [-0.1, -0.05) is 0 Å². The van der Waals surface area contributed by atoms with E-state index >= 15 is 0 Å². The van der Waals surface area contributed by atoms with Gasteiger partial charge in [-0.15, -0.1) is 0 Å². The zero-order valence-electron chi connectivity index (χ0n) is 10.6. The maximum atomic E-state index is 13.5. The second kappa shape index (κ2) is 6.02. The van der Waals surface area contributed by atoms with Crippen LogP contribution in [0.2, 0.25) is 0 Å². The van der Waals surface area contributed by atoms with Crippen molar-refractivity contribution in [1.29, 1.82) is 5.26 Å². The van der Waals surface area contributed by atoms with Gasteiger partial charge in [-0.05, 0) is 32.0 Å². The van der Waals surface area contributed by atoms with Gasteiger partial charge in [-0.2, -0.15) is 18.4 Å². The lowest BCUT2D eigenvalue weighted by atomic mass is 10.1. The highest BCUT2D eigenvalue weighted by Crippen LogP contribution is 2.21. The predicted octanol–water partition coefficient (Wildman–Crippen LogP) is 3.47. The van der Waals surface area contributed by atoms with Crippen LogP contribution in [0.1, 0.15) is 25.0 Å². The summed E-state index contributed by atoms with van der Waals surface area (Å²) in [6, 6.07) is 5.13. The van der Waals surface area contributed by atoms with E-state index in [1.165, 1.54) is 12.1 Å². The van der Waals surface area contributed by atoms with E-state index in [1.807, 2.05) is 6.07 Å². The highest BCUT2D eigenvalue weighted by molar-refractivity contribution is 5.33. The Hall–Kier alpha value is -1.61. The summed E-state index contributed by atoms with van der Waals surface area (Å²) in [5.74, 6) is -0.605. The van der Waals surface area contributed by atoms with Crippen LogP contribution in [0.5, 0.6) is 0 Å². The molecule has 0 saturated carbocycles. The highest BCUT2D eigenvalue weighted by Gasteiger charge is 2.32. The molecule has 0 atom stereocenters. The Bertz CT molecular complexity index is 475. The summed E-state index contributed by atoms with van der Waals surface area (Å²) in [4.78, 5) is 1.11. The van der Waals surface area contributed by atoms with Gasteiger partial charge in [0.1, 0.15) is 5.82 Å². The van der Waals surface area contributed by atoms with Gasteiger partial charge in [-0.3, -0.25) is 4.90 Å². The van der Waals surface area contributed by atoms with Crippen molar-refractivity contribution in [2.75, 3.05) is 6.54 Å². The molecule has 0 bridgehead atoms. The molecular formula is C13H14F4N2. The molecule has 0 aliphatic rings. The van der Waals surface area contributed by atoms with Crippen molar-refractivity contribution in [2.45, 2.75) is 32.6 Å². The summed E-state index contributed by atoms with van der Waals surface area (Å²) in [5, 5.41) is 8.72. The maximum Gasteiger partial charge on any atom is 0.401 e. The smallest absolute Gasteiger partial charge is 0.288 e. The minimum absolute atomic E-state index is 0.0944. The Kier molecular flexibility index (Phi) is 4.90. The van der Waals surface area contributed by atoms with Crippen LogP contribution in [0, 0.1) is 17.1 Å². The first-order chi connectivity index (χ1) is 8.73. The van der Waals surface area contributed by atoms with Crippen molar-refractivity contribution in [3.8, 4) is 6.07 Å².